The van der Waals surface area contributed by atoms with Crippen LogP contribution in [0, 0.1) is 29.6 Å². The molecule has 2 aromatic carbocycles. The smallest absolute Gasteiger partial charge is 0.0697 e. The van der Waals surface area contributed by atoms with E-state index in [4.69, 9.17) is 76.2 Å². The third-order valence-electron chi connectivity index (χ3n) is 13.9. The molecule has 2 aromatic rings. The van der Waals surface area contributed by atoms with E-state index in [0.29, 0.717) is 89.7 Å². The molecule has 18 heteroatoms. The highest BCUT2D eigenvalue weighted by Crippen LogP contribution is 2.15. The van der Waals surface area contributed by atoms with Crippen LogP contribution in [0.2, 0.25) is 0 Å². The number of nitrogens with zero attached hydrogens (tertiary/aromatic N) is 3. The number of allylic oxidation sites excluding steroid dienone is 1. The molecule has 2 aliphatic rings. The van der Waals surface area contributed by atoms with Crippen LogP contribution in [-0.2, 0) is 30.8 Å². The minimum atomic E-state index is 0.139. The SMILES string of the molecule is CC(C)CC(C)CO.CC(C)CO.CCC/C=C/CO.CCCCCCCO.CCCCCCO.CCCCCO.CCCCO.CCCO.CCCOCCO.CCc1cccc(CO)c1.CCc1ccccc1CO.CN(C)CCO.CN1CC(CO)C1.CN1CCC(CO)CC1. The van der Waals surface area contributed by atoms with Crippen molar-refractivity contribution >= 4 is 0 Å². The molecular weight excluding hydrogens is 1250 g/mol. The summed E-state index contributed by atoms with van der Waals surface area (Å²) in [5.41, 5.74) is 4.57. The van der Waals surface area contributed by atoms with Crippen molar-refractivity contribution < 1.29 is 76.2 Å². The molecule has 99 heavy (non-hydrogen) atoms. The zero-order chi connectivity index (χ0) is 77.8. The van der Waals surface area contributed by atoms with Gasteiger partial charge >= 0.3 is 0 Å². The maximum Gasteiger partial charge on any atom is 0.0697 e. The standard InChI is InChI=1S/2C9H12O.C7H15NO.2C7H16O.C6H14O.C6H12O.C5H11NO.C5H12O2.C5H12O.C4H11NO.2C4H10O.C3H8O/c1-2-8-4-3-5-9(6-8)7-10;1-2-8-5-3-4-6-9(8)7-10;1-8-4-2-7(6-9)3-5-8;1-6(2)4-7(3)5-8;1-2-3-4-5-6-7-8;2*1-2-3-4-5-6-7;1-6-2-5(3-6)4-7;1-2-4-7-5-3-6;1-2-3-4-5-6;1-5(2)3-4-6;1-4(2)3-5;1-2-3-4-5;1-2-3-4/h2*3-6,10H,2,7H2,1H3;7,9H,2-6H2,1H3;6-8H,4-5H2,1-3H3;8H,2-7H2,1H3;7H,2-6H2,1H3;4-5,7H,2-3,6H2,1H3;5,7H,2-4H2,1H3;6H,2-5H2,1H3;6H,2-5H2,1H3;6H,3-4H2,1-2H3;4-5H,3H2,1-2H3;5H,2-4H2,1H3;4H,2-3H2,1H3/b;;;;;;5-4+;;;;;;;. The van der Waals surface area contributed by atoms with E-state index < -0.39 is 0 Å². The lowest BCUT2D eigenvalue weighted by Gasteiger charge is -2.34. The number of aryl methyl sites for hydroxylation is 2. The molecule has 0 aromatic heterocycles. The van der Waals surface area contributed by atoms with E-state index in [1.165, 1.54) is 75.3 Å². The van der Waals surface area contributed by atoms with Gasteiger partial charge in [-0.05, 0) is 164 Å². The largest absolute Gasteiger partial charge is 0.396 e. The number of aliphatic hydroxyl groups is 14. The number of unbranched alkanes of at least 4 members (excludes halogenated alkanes) is 11. The molecule has 2 aliphatic heterocycles. The molecular formula is C81H171N3O15. The minimum absolute atomic E-state index is 0.139. The number of benzene rings is 2. The minimum Gasteiger partial charge on any atom is -0.396 e. The molecule has 2 fully saturated rings. The summed E-state index contributed by atoms with van der Waals surface area (Å²) in [6.45, 7) is 39.7. The molecule has 1 atom stereocenters. The Bertz CT molecular complexity index is 1560. The normalized spacial score (nSPS) is 12.4. The zero-order valence-electron chi connectivity index (χ0n) is 67.8. The number of likely N-dealkylation sites (N-methyl/N-ethyl adjacent to an activating group) is 1. The predicted octanol–water partition coefficient (Wildman–Crippen LogP) is 12.8. The molecule has 0 radical (unpaired) electrons. The number of ether oxygens (including phenoxy) is 1. The highest BCUT2D eigenvalue weighted by molar-refractivity contribution is 5.26. The average molecular weight is 1430 g/mol. The summed E-state index contributed by atoms with van der Waals surface area (Å²) in [4.78, 5) is 6.44. The van der Waals surface area contributed by atoms with Crippen LogP contribution < -0.4 is 0 Å². The number of likely N-dealkylation sites (tertiary alicyclic amines) is 2. The number of piperidine rings is 1. The first-order valence-electron chi connectivity index (χ1n) is 38.4. The van der Waals surface area contributed by atoms with Crippen LogP contribution in [0.3, 0.4) is 0 Å². The van der Waals surface area contributed by atoms with E-state index in [0.717, 1.165) is 140 Å². The predicted molar refractivity (Wildman–Crippen MR) is 425 cm³/mol. The highest BCUT2D eigenvalue weighted by Gasteiger charge is 2.21. The maximum absolute atomic E-state index is 8.85. The van der Waals surface area contributed by atoms with Crippen molar-refractivity contribution in [2.45, 2.75) is 258 Å². The van der Waals surface area contributed by atoms with Crippen LogP contribution in [0.1, 0.15) is 254 Å². The lowest BCUT2D eigenvalue weighted by molar-refractivity contribution is 0.0760. The van der Waals surface area contributed by atoms with Gasteiger partial charge in [-0.1, -0.05) is 228 Å². The van der Waals surface area contributed by atoms with Crippen LogP contribution >= 0.6 is 0 Å². The van der Waals surface area contributed by atoms with Gasteiger partial charge in [-0.25, -0.2) is 0 Å². The monoisotopic (exact) mass is 1430 g/mol. The first-order valence-corrected chi connectivity index (χ1v) is 38.4. The van der Waals surface area contributed by atoms with Crippen LogP contribution in [0.5, 0.6) is 0 Å². The lowest BCUT2D eigenvalue weighted by atomic mass is 9.98. The number of hydrogen-bond donors (Lipinski definition) is 14. The van der Waals surface area contributed by atoms with E-state index >= 15 is 0 Å². The first kappa shape index (κ1) is 118. The van der Waals surface area contributed by atoms with Crippen molar-refractivity contribution in [3.63, 3.8) is 0 Å². The van der Waals surface area contributed by atoms with Crippen molar-refractivity contribution in [2.75, 3.05) is 153 Å². The van der Waals surface area contributed by atoms with Gasteiger partial charge in [-0.15, -0.1) is 0 Å². The zero-order valence-corrected chi connectivity index (χ0v) is 67.8. The molecule has 0 saturated carbocycles. The Balaban J connectivity index is -0.000000108. The molecule has 0 bridgehead atoms. The van der Waals surface area contributed by atoms with Gasteiger partial charge in [0.2, 0.25) is 0 Å². The Hall–Kier alpha value is -2.54. The molecule has 0 spiro atoms. The fourth-order valence-corrected chi connectivity index (χ4v) is 7.72. The van der Waals surface area contributed by atoms with Crippen LogP contribution in [0.25, 0.3) is 0 Å². The van der Waals surface area contributed by atoms with Crippen LogP contribution in [0.4, 0.5) is 0 Å². The Morgan fingerprint density at radius 3 is 1.19 bits per heavy atom. The summed E-state index contributed by atoms with van der Waals surface area (Å²) in [5, 5.41) is 117. The molecule has 0 aliphatic carbocycles. The summed E-state index contributed by atoms with van der Waals surface area (Å²) in [6, 6.07) is 16.0. The third kappa shape index (κ3) is 123. The Kier molecular flexibility index (Phi) is 129. The van der Waals surface area contributed by atoms with E-state index in [2.05, 4.69) is 99.2 Å². The van der Waals surface area contributed by atoms with E-state index in [-0.39, 0.29) is 33.0 Å². The number of aliphatic hydroxyl groups excluding tert-OH is 14. The Morgan fingerprint density at radius 2 is 0.909 bits per heavy atom. The van der Waals surface area contributed by atoms with Crippen molar-refractivity contribution in [1.82, 2.24) is 14.7 Å². The van der Waals surface area contributed by atoms with Crippen molar-refractivity contribution in [3.8, 4) is 0 Å². The quantitative estimate of drug-likeness (QED) is 0.0229. The molecule has 0 amide bonds. The fourth-order valence-electron chi connectivity index (χ4n) is 7.72. The van der Waals surface area contributed by atoms with E-state index in [1.807, 2.05) is 95.2 Å². The van der Waals surface area contributed by atoms with Gasteiger partial charge in [-0.2, -0.15) is 0 Å². The van der Waals surface area contributed by atoms with Crippen molar-refractivity contribution in [3.05, 3.63) is 82.9 Å². The number of hydrogen-bond acceptors (Lipinski definition) is 18. The third-order valence-corrected chi connectivity index (χ3v) is 13.9. The lowest BCUT2D eigenvalue weighted by Crippen LogP contribution is -2.45. The maximum atomic E-state index is 8.85. The molecule has 2 saturated heterocycles. The molecule has 600 valence electrons. The molecule has 14 N–H and O–H groups in total. The van der Waals surface area contributed by atoms with Gasteiger partial charge in [0.05, 0.1) is 39.6 Å². The second-order valence-corrected chi connectivity index (χ2v) is 25.8. The fraction of sp³-hybridized carbons (Fsp3) is 0.827. The van der Waals surface area contributed by atoms with E-state index in [1.54, 1.807) is 6.08 Å². The first-order chi connectivity index (χ1) is 47.5. The van der Waals surface area contributed by atoms with Gasteiger partial charge < -0.3 is 90.9 Å². The second kappa shape index (κ2) is 109. The highest BCUT2D eigenvalue weighted by atomic mass is 16.5. The summed E-state index contributed by atoms with van der Waals surface area (Å²) < 4.78 is 4.88. The van der Waals surface area contributed by atoms with Crippen LogP contribution in [0.15, 0.2) is 60.7 Å². The van der Waals surface area contributed by atoms with Crippen molar-refractivity contribution in [1.29, 1.82) is 0 Å². The Labute approximate surface area is 612 Å². The summed E-state index contributed by atoms with van der Waals surface area (Å²) in [6.07, 6.45) is 29.5. The number of rotatable bonds is 34. The van der Waals surface area contributed by atoms with Gasteiger partial charge in [-0.3, -0.25) is 0 Å². The van der Waals surface area contributed by atoms with E-state index in [9.17, 15) is 0 Å². The molecule has 2 heterocycles. The van der Waals surface area contributed by atoms with Gasteiger partial charge in [0, 0.05) is 91.6 Å². The van der Waals surface area contributed by atoms with Crippen molar-refractivity contribution in [2.24, 2.45) is 29.6 Å². The van der Waals surface area contributed by atoms with Gasteiger partial charge in [0.15, 0.2) is 0 Å². The molecule has 1 unspecified atom stereocenters. The second-order valence-electron chi connectivity index (χ2n) is 25.8. The molecule has 18 nitrogen and oxygen atoms in total. The Morgan fingerprint density at radius 1 is 0.444 bits per heavy atom. The topological polar surface area (TPSA) is 302 Å². The summed E-state index contributed by atoms with van der Waals surface area (Å²) >= 11 is 0. The molecule has 4 rings (SSSR count). The summed E-state index contributed by atoms with van der Waals surface area (Å²) in [5.74, 6) is 2.80. The average Bonchev–Trinajstić information content (AvgIpc) is 1.00. The summed E-state index contributed by atoms with van der Waals surface area (Å²) in [7, 11) is 8.05. The van der Waals surface area contributed by atoms with Gasteiger partial charge in [0.1, 0.15) is 0 Å². The van der Waals surface area contributed by atoms with Crippen LogP contribution in [-0.4, -0.2) is 240 Å². The van der Waals surface area contributed by atoms with Gasteiger partial charge in [0.25, 0.3) is 0 Å².